The topological polar surface area (TPSA) is 36.9 Å². The standard InChI is InChI=1S/C17H20O4/c1-3-18-17(19-4-2,20-15-11-7-5-8-12-15)21-16-13-9-6-10-14-16/h5-14H,3-4H2,1-2H3. The molecule has 0 N–H and O–H groups in total. The zero-order valence-corrected chi connectivity index (χ0v) is 12.3. The highest BCUT2D eigenvalue weighted by Crippen LogP contribution is 2.25. The average Bonchev–Trinajstić information content (AvgIpc) is 2.50. The smallest absolute Gasteiger partial charge is 0.407 e. The van der Waals surface area contributed by atoms with Gasteiger partial charge in [0.05, 0.1) is 13.2 Å². The van der Waals surface area contributed by atoms with Gasteiger partial charge in [-0.2, -0.15) is 0 Å². The van der Waals surface area contributed by atoms with Crippen molar-refractivity contribution in [2.75, 3.05) is 13.2 Å². The highest BCUT2D eigenvalue weighted by molar-refractivity contribution is 5.23. The van der Waals surface area contributed by atoms with Gasteiger partial charge in [-0.25, -0.2) is 0 Å². The molecule has 0 unspecified atom stereocenters. The zero-order valence-electron chi connectivity index (χ0n) is 12.3. The molecule has 2 rings (SSSR count). The second kappa shape index (κ2) is 7.67. The van der Waals surface area contributed by atoms with Gasteiger partial charge < -0.3 is 9.47 Å². The van der Waals surface area contributed by atoms with Crippen LogP contribution in [0.5, 0.6) is 11.5 Å². The maximum Gasteiger partial charge on any atom is 0.509 e. The molecule has 4 heteroatoms. The molecule has 0 saturated carbocycles. The number of benzene rings is 2. The number of para-hydroxylation sites is 2. The molecule has 0 aliphatic heterocycles. The molecule has 0 spiro atoms. The molecule has 112 valence electrons. The Kier molecular flexibility index (Phi) is 5.60. The van der Waals surface area contributed by atoms with Crippen LogP contribution < -0.4 is 9.47 Å². The molecule has 0 aliphatic carbocycles. The Labute approximate surface area is 125 Å². The fraction of sp³-hybridized carbons (Fsp3) is 0.294. The Bertz CT molecular complexity index is 463. The van der Waals surface area contributed by atoms with E-state index in [4.69, 9.17) is 18.9 Å². The first kappa shape index (κ1) is 15.4. The third-order valence-electron chi connectivity index (χ3n) is 2.61. The van der Waals surface area contributed by atoms with Gasteiger partial charge in [-0.05, 0) is 38.1 Å². The van der Waals surface area contributed by atoms with Crippen molar-refractivity contribution in [2.24, 2.45) is 0 Å². The van der Waals surface area contributed by atoms with Gasteiger partial charge in [-0.1, -0.05) is 36.4 Å². The summed E-state index contributed by atoms with van der Waals surface area (Å²) in [4.78, 5) is 0. The van der Waals surface area contributed by atoms with Crippen molar-refractivity contribution in [3.05, 3.63) is 60.7 Å². The molecule has 21 heavy (non-hydrogen) atoms. The lowest BCUT2D eigenvalue weighted by Crippen LogP contribution is -2.48. The SMILES string of the molecule is CCOC(OCC)(Oc1ccccc1)Oc1ccccc1. The number of hydrogen-bond acceptors (Lipinski definition) is 4. The van der Waals surface area contributed by atoms with Gasteiger partial charge in [0, 0.05) is 0 Å². The van der Waals surface area contributed by atoms with E-state index in [1.165, 1.54) is 0 Å². The lowest BCUT2D eigenvalue weighted by molar-refractivity contribution is -0.437. The maximum absolute atomic E-state index is 5.82. The minimum Gasteiger partial charge on any atom is -0.407 e. The van der Waals surface area contributed by atoms with Crippen LogP contribution >= 0.6 is 0 Å². The molecule has 0 heterocycles. The summed E-state index contributed by atoms with van der Waals surface area (Å²) in [6.45, 7) is 4.49. The zero-order chi connectivity index (χ0) is 15.0. The summed E-state index contributed by atoms with van der Waals surface area (Å²) >= 11 is 0. The van der Waals surface area contributed by atoms with E-state index in [2.05, 4.69) is 0 Å². The largest absolute Gasteiger partial charge is 0.509 e. The van der Waals surface area contributed by atoms with Crippen molar-refractivity contribution >= 4 is 0 Å². The number of rotatable bonds is 8. The van der Waals surface area contributed by atoms with Crippen molar-refractivity contribution in [3.63, 3.8) is 0 Å². The van der Waals surface area contributed by atoms with Crippen LogP contribution in [-0.2, 0) is 9.47 Å². The first-order chi connectivity index (χ1) is 10.3. The molecule has 0 amide bonds. The molecule has 2 aromatic carbocycles. The molecule has 0 saturated heterocycles. The lowest BCUT2D eigenvalue weighted by Gasteiger charge is -2.31. The van der Waals surface area contributed by atoms with E-state index in [0.29, 0.717) is 24.7 Å². The van der Waals surface area contributed by atoms with Crippen molar-refractivity contribution in [1.29, 1.82) is 0 Å². The molecule has 0 atom stereocenters. The number of hydrogen-bond donors (Lipinski definition) is 0. The van der Waals surface area contributed by atoms with Gasteiger partial charge in [-0.3, -0.25) is 9.47 Å². The van der Waals surface area contributed by atoms with Crippen LogP contribution in [-0.4, -0.2) is 19.4 Å². The van der Waals surface area contributed by atoms with Gasteiger partial charge >= 0.3 is 6.16 Å². The van der Waals surface area contributed by atoms with Crippen LogP contribution in [0.2, 0.25) is 0 Å². The van der Waals surface area contributed by atoms with Gasteiger partial charge in [0.25, 0.3) is 0 Å². The quantitative estimate of drug-likeness (QED) is 0.692. The molecule has 0 aromatic heterocycles. The van der Waals surface area contributed by atoms with E-state index in [-0.39, 0.29) is 0 Å². The van der Waals surface area contributed by atoms with E-state index in [1.807, 2.05) is 74.5 Å². The molecule has 0 aliphatic rings. The molecule has 4 nitrogen and oxygen atoms in total. The second-order valence-electron chi connectivity index (χ2n) is 4.20. The highest BCUT2D eigenvalue weighted by Gasteiger charge is 2.38. The highest BCUT2D eigenvalue weighted by atomic mass is 17.0. The summed E-state index contributed by atoms with van der Waals surface area (Å²) in [5, 5.41) is 0. The normalized spacial score (nSPS) is 11.1. The fourth-order valence-corrected chi connectivity index (χ4v) is 1.80. The van der Waals surface area contributed by atoms with E-state index in [0.717, 1.165) is 0 Å². The molecular formula is C17H20O4. The Morgan fingerprint density at radius 1 is 0.667 bits per heavy atom. The summed E-state index contributed by atoms with van der Waals surface area (Å²) in [5.41, 5.74) is 0. The van der Waals surface area contributed by atoms with Crippen LogP contribution in [0.4, 0.5) is 0 Å². The molecule has 2 aromatic rings. The fourth-order valence-electron chi connectivity index (χ4n) is 1.80. The Balaban J connectivity index is 2.23. The third kappa shape index (κ3) is 4.48. The minimum atomic E-state index is -1.59. The van der Waals surface area contributed by atoms with Crippen molar-refractivity contribution in [1.82, 2.24) is 0 Å². The van der Waals surface area contributed by atoms with Crippen LogP contribution in [0.25, 0.3) is 0 Å². The first-order valence-corrected chi connectivity index (χ1v) is 7.04. The van der Waals surface area contributed by atoms with E-state index < -0.39 is 6.16 Å². The molecule has 0 fully saturated rings. The first-order valence-electron chi connectivity index (χ1n) is 7.04. The lowest BCUT2D eigenvalue weighted by atomic mass is 10.3. The predicted molar refractivity (Wildman–Crippen MR) is 80.1 cm³/mol. The third-order valence-corrected chi connectivity index (χ3v) is 2.61. The monoisotopic (exact) mass is 288 g/mol. The summed E-state index contributed by atoms with van der Waals surface area (Å²) in [7, 11) is 0. The van der Waals surface area contributed by atoms with Gasteiger partial charge in [-0.15, -0.1) is 0 Å². The van der Waals surface area contributed by atoms with E-state index >= 15 is 0 Å². The average molecular weight is 288 g/mol. The van der Waals surface area contributed by atoms with E-state index in [9.17, 15) is 0 Å². The summed E-state index contributed by atoms with van der Waals surface area (Å²) < 4.78 is 22.9. The Morgan fingerprint density at radius 3 is 1.38 bits per heavy atom. The van der Waals surface area contributed by atoms with Crippen molar-refractivity contribution < 1.29 is 18.9 Å². The minimum absolute atomic E-state index is 0.389. The molecule has 0 bridgehead atoms. The van der Waals surface area contributed by atoms with Crippen LogP contribution in [0.1, 0.15) is 13.8 Å². The second-order valence-corrected chi connectivity index (χ2v) is 4.20. The van der Waals surface area contributed by atoms with Gasteiger partial charge in [0.1, 0.15) is 11.5 Å². The summed E-state index contributed by atoms with van der Waals surface area (Å²) in [6, 6.07) is 18.6. The summed E-state index contributed by atoms with van der Waals surface area (Å²) in [6.07, 6.45) is -1.59. The van der Waals surface area contributed by atoms with Gasteiger partial charge in [0.15, 0.2) is 0 Å². The Hall–Kier alpha value is -2.04. The Morgan fingerprint density at radius 2 is 1.05 bits per heavy atom. The maximum atomic E-state index is 5.82. The van der Waals surface area contributed by atoms with Crippen molar-refractivity contribution in [3.8, 4) is 11.5 Å². The molecule has 0 radical (unpaired) electrons. The van der Waals surface area contributed by atoms with Crippen LogP contribution in [0.3, 0.4) is 0 Å². The van der Waals surface area contributed by atoms with Crippen molar-refractivity contribution in [2.45, 2.75) is 20.0 Å². The predicted octanol–water partition coefficient (Wildman–Crippen LogP) is 3.83. The van der Waals surface area contributed by atoms with E-state index in [1.54, 1.807) is 0 Å². The van der Waals surface area contributed by atoms with Crippen LogP contribution in [0.15, 0.2) is 60.7 Å². The van der Waals surface area contributed by atoms with Gasteiger partial charge in [0.2, 0.25) is 0 Å². The molecular weight excluding hydrogens is 268 g/mol. The summed E-state index contributed by atoms with van der Waals surface area (Å²) in [5.74, 6) is 1.21. The van der Waals surface area contributed by atoms with Crippen LogP contribution in [0, 0.1) is 0 Å². The number of ether oxygens (including phenoxy) is 4.